The summed E-state index contributed by atoms with van der Waals surface area (Å²) >= 11 is 0. The van der Waals surface area contributed by atoms with E-state index >= 15 is 0 Å². The second kappa shape index (κ2) is 13.6. The van der Waals surface area contributed by atoms with Gasteiger partial charge < -0.3 is 5.32 Å². The number of hydrogen-bond donors (Lipinski definition) is 1. The summed E-state index contributed by atoms with van der Waals surface area (Å²) in [6.45, 7) is 4.94. The number of benzene rings is 5. The zero-order valence-electron chi connectivity index (χ0n) is 33.3. The summed E-state index contributed by atoms with van der Waals surface area (Å²) in [6, 6.07) is 47.6. The number of allylic oxidation sites excluding steroid dienone is 7. The minimum atomic E-state index is -0.126. The Balaban J connectivity index is 0.960. The second-order valence-corrected chi connectivity index (χ2v) is 18.1. The molecule has 5 aromatic carbocycles. The predicted octanol–water partition coefficient (Wildman–Crippen LogP) is 13.5. The summed E-state index contributed by atoms with van der Waals surface area (Å²) < 4.78 is 0. The minimum Gasteiger partial charge on any atom is -0.360 e. The molecule has 1 saturated carbocycles. The summed E-state index contributed by atoms with van der Waals surface area (Å²) in [5.41, 5.74) is 19.7. The number of rotatable bonds is 5. The lowest BCUT2D eigenvalue weighted by Gasteiger charge is -2.40. The molecule has 6 aliphatic rings. The smallest absolute Gasteiger partial charge is 0.145 e. The van der Waals surface area contributed by atoms with E-state index in [1.54, 1.807) is 11.1 Å². The van der Waals surface area contributed by atoms with Crippen LogP contribution in [0.1, 0.15) is 122 Å². The van der Waals surface area contributed by atoms with Crippen LogP contribution in [-0.4, -0.2) is 5.71 Å². The maximum absolute atomic E-state index is 5.35. The monoisotopic (exact) mass is 740 g/mol. The van der Waals surface area contributed by atoms with E-state index in [1.165, 1.54) is 93.5 Å². The molecule has 57 heavy (non-hydrogen) atoms. The van der Waals surface area contributed by atoms with E-state index in [4.69, 9.17) is 4.99 Å². The van der Waals surface area contributed by atoms with Gasteiger partial charge in [-0.3, -0.25) is 4.99 Å². The molecule has 282 valence electrons. The van der Waals surface area contributed by atoms with Crippen LogP contribution in [0.3, 0.4) is 0 Å². The van der Waals surface area contributed by atoms with Gasteiger partial charge in [0.25, 0.3) is 0 Å². The Kier molecular flexibility index (Phi) is 8.28. The van der Waals surface area contributed by atoms with Gasteiger partial charge in [-0.2, -0.15) is 0 Å². The van der Waals surface area contributed by atoms with Gasteiger partial charge in [-0.05, 0) is 122 Å². The molecule has 5 aromatic rings. The van der Waals surface area contributed by atoms with Crippen LogP contribution in [0.15, 0.2) is 174 Å². The Bertz CT molecular complexity index is 2520. The van der Waals surface area contributed by atoms with Gasteiger partial charge in [-0.25, -0.2) is 0 Å². The topological polar surface area (TPSA) is 24.4 Å². The van der Waals surface area contributed by atoms with E-state index < -0.39 is 0 Å². The van der Waals surface area contributed by atoms with Gasteiger partial charge in [0.1, 0.15) is 6.17 Å². The van der Waals surface area contributed by atoms with Gasteiger partial charge in [0.05, 0.1) is 5.71 Å². The maximum Gasteiger partial charge on any atom is 0.145 e. The molecule has 1 heterocycles. The molecule has 2 nitrogen and oxygen atoms in total. The maximum atomic E-state index is 5.35. The summed E-state index contributed by atoms with van der Waals surface area (Å²) in [4.78, 5) is 5.35. The Morgan fingerprint density at radius 2 is 1.37 bits per heavy atom. The van der Waals surface area contributed by atoms with Crippen molar-refractivity contribution in [1.82, 2.24) is 5.32 Å². The third kappa shape index (κ3) is 5.62. The van der Waals surface area contributed by atoms with Crippen LogP contribution >= 0.6 is 0 Å². The van der Waals surface area contributed by atoms with Gasteiger partial charge in [-0.1, -0.05) is 179 Å². The number of nitrogens with zero attached hydrogens (tertiary/aromatic N) is 1. The highest BCUT2D eigenvalue weighted by atomic mass is 15.1. The Morgan fingerprint density at radius 1 is 0.667 bits per heavy atom. The Labute approximate surface area is 338 Å². The summed E-state index contributed by atoms with van der Waals surface area (Å²) in [6.07, 6.45) is 19.8. The van der Waals surface area contributed by atoms with Crippen molar-refractivity contribution < 1.29 is 0 Å². The van der Waals surface area contributed by atoms with Crippen molar-refractivity contribution in [1.29, 1.82) is 0 Å². The van der Waals surface area contributed by atoms with Gasteiger partial charge >= 0.3 is 0 Å². The van der Waals surface area contributed by atoms with Gasteiger partial charge in [-0.15, -0.1) is 0 Å². The molecule has 0 bridgehead atoms. The number of aliphatic imine (C=N–C) groups is 1. The van der Waals surface area contributed by atoms with Crippen LogP contribution in [0.25, 0.3) is 16.7 Å². The molecule has 4 atom stereocenters. The molecule has 2 heteroatoms. The third-order valence-electron chi connectivity index (χ3n) is 14.7. The molecule has 1 spiro atoms. The molecule has 4 unspecified atom stereocenters. The van der Waals surface area contributed by atoms with Crippen molar-refractivity contribution in [3.63, 3.8) is 0 Å². The van der Waals surface area contributed by atoms with Crippen molar-refractivity contribution in [2.45, 2.75) is 94.0 Å². The van der Waals surface area contributed by atoms with E-state index in [9.17, 15) is 0 Å². The predicted molar refractivity (Wildman–Crippen MR) is 236 cm³/mol. The summed E-state index contributed by atoms with van der Waals surface area (Å²) in [7, 11) is 0. The number of hydrogen-bond acceptors (Lipinski definition) is 2. The van der Waals surface area contributed by atoms with E-state index in [0.29, 0.717) is 17.8 Å². The van der Waals surface area contributed by atoms with Gasteiger partial charge in [0.15, 0.2) is 0 Å². The average Bonchev–Trinajstić information content (AvgIpc) is 3.67. The lowest BCUT2D eigenvalue weighted by atomic mass is 9.63. The molecule has 0 amide bonds. The molecule has 0 aromatic heterocycles. The second-order valence-electron chi connectivity index (χ2n) is 18.1. The quantitative estimate of drug-likeness (QED) is 0.191. The Morgan fingerprint density at radius 3 is 2.12 bits per heavy atom. The highest BCUT2D eigenvalue weighted by Crippen LogP contribution is 2.64. The molecule has 5 aliphatic carbocycles. The van der Waals surface area contributed by atoms with E-state index in [0.717, 1.165) is 25.0 Å². The van der Waals surface area contributed by atoms with E-state index in [2.05, 4.69) is 171 Å². The van der Waals surface area contributed by atoms with Crippen LogP contribution in [0.4, 0.5) is 0 Å². The molecule has 1 N–H and O–H groups in total. The first-order chi connectivity index (χ1) is 28.0. The van der Waals surface area contributed by atoms with Gasteiger partial charge in [0.2, 0.25) is 0 Å². The van der Waals surface area contributed by atoms with Crippen molar-refractivity contribution in [2.75, 3.05) is 0 Å². The highest BCUT2D eigenvalue weighted by molar-refractivity contribution is 6.10. The molecule has 11 rings (SSSR count). The first kappa shape index (κ1) is 34.8. The SMILES string of the molecule is CC1(C)c2ccccc2C2C=C3C(=CC21)c1cccc(-c2ccc(C4=NC(c5ccccc5)NC(C5=CCC(c6ccccc6)CC5)=C4)cc2)c1C31CCCCC1. The molecule has 0 radical (unpaired) electrons. The zero-order chi connectivity index (χ0) is 38.1. The van der Waals surface area contributed by atoms with Crippen molar-refractivity contribution in [3.05, 3.63) is 207 Å². The first-order valence-corrected chi connectivity index (χ1v) is 21.6. The molecule has 0 saturated heterocycles. The number of fused-ring (bicyclic) bond motifs is 8. The molecule has 1 aliphatic heterocycles. The fraction of sp³-hybridized carbons (Fsp3) is 0.291. The van der Waals surface area contributed by atoms with Crippen molar-refractivity contribution >= 4 is 11.3 Å². The summed E-state index contributed by atoms with van der Waals surface area (Å²) in [5, 5.41) is 3.84. The van der Waals surface area contributed by atoms with Crippen molar-refractivity contribution in [3.8, 4) is 11.1 Å². The van der Waals surface area contributed by atoms with Gasteiger partial charge in [0, 0.05) is 17.0 Å². The highest BCUT2D eigenvalue weighted by Gasteiger charge is 2.53. The molecule has 1 fully saturated rings. The van der Waals surface area contributed by atoms with E-state index in [-0.39, 0.29) is 17.0 Å². The molecular weight excluding hydrogens is 689 g/mol. The standard InChI is InChI=1S/C55H52N2/c1-54(2)47-22-11-10-19-43(47)45-34-49-46(33-48(45)54)44-21-14-20-42(52(44)55(49)31-12-5-13-32-55)38-25-29-40(30-26-38)51-35-50(56-53(57-51)41-17-8-4-9-18-41)39-27-23-37(24-28-39)36-15-6-3-7-16-36/h3-4,6-11,14-22,25-27,29-30,33-35,37,45,48,53,56H,5,12-13,23-24,28,31-32H2,1-2H3. The summed E-state index contributed by atoms with van der Waals surface area (Å²) in [5.74, 6) is 1.50. The fourth-order valence-corrected chi connectivity index (χ4v) is 11.8. The van der Waals surface area contributed by atoms with E-state index in [1.807, 2.05) is 0 Å². The fourth-order valence-electron chi connectivity index (χ4n) is 11.8. The van der Waals surface area contributed by atoms with Crippen LogP contribution in [-0.2, 0) is 10.8 Å². The molecular formula is C55H52N2. The minimum absolute atomic E-state index is 0.0776. The van der Waals surface area contributed by atoms with Crippen LogP contribution in [0, 0.1) is 5.92 Å². The first-order valence-electron chi connectivity index (χ1n) is 21.6. The Hall–Kier alpha value is -5.47. The third-order valence-corrected chi connectivity index (χ3v) is 14.7. The normalized spacial score (nSPS) is 25.1. The van der Waals surface area contributed by atoms with Crippen LogP contribution in [0.5, 0.6) is 0 Å². The zero-order valence-corrected chi connectivity index (χ0v) is 33.3. The number of nitrogens with one attached hydrogen (secondary N) is 1. The lowest BCUT2D eigenvalue weighted by molar-refractivity contribution is 0.346. The van der Waals surface area contributed by atoms with Crippen molar-refractivity contribution in [2.24, 2.45) is 10.9 Å². The largest absolute Gasteiger partial charge is 0.360 e. The lowest BCUT2D eigenvalue weighted by Crippen LogP contribution is -2.31. The van der Waals surface area contributed by atoms with Crippen LogP contribution in [0.2, 0.25) is 0 Å². The van der Waals surface area contributed by atoms with Crippen LogP contribution < -0.4 is 5.32 Å². The average molecular weight is 741 g/mol.